The lowest BCUT2D eigenvalue weighted by Gasteiger charge is -2.28. The summed E-state index contributed by atoms with van der Waals surface area (Å²) >= 11 is 3.87. The molecule has 216 valence electrons. The van der Waals surface area contributed by atoms with E-state index in [-0.39, 0.29) is 5.41 Å². The summed E-state index contributed by atoms with van der Waals surface area (Å²) < 4.78 is 0. The first-order chi connectivity index (χ1) is 20.2. The van der Waals surface area contributed by atoms with Crippen LogP contribution in [0.1, 0.15) is 124 Å². The Labute approximate surface area is 257 Å². The molecule has 0 bridgehead atoms. The summed E-state index contributed by atoms with van der Waals surface area (Å²) in [6, 6.07) is 19.6. The maximum absolute atomic E-state index is 2.63. The monoisotopic (exact) mass is 580 g/mol. The molecule has 0 nitrogen and oxygen atoms in total. The molecule has 0 radical (unpaired) electrons. The number of hydrogen-bond donors (Lipinski definition) is 0. The van der Waals surface area contributed by atoms with Crippen LogP contribution in [0.4, 0.5) is 0 Å². The van der Waals surface area contributed by atoms with E-state index in [9.17, 15) is 0 Å². The first kappa shape index (κ1) is 28.9. The van der Waals surface area contributed by atoms with Gasteiger partial charge in [-0.3, -0.25) is 0 Å². The van der Waals surface area contributed by atoms with Gasteiger partial charge in [-0.2, -0.15) is 0 Å². The number of fused-ring (bicyclic) bond motifs is 6. The van der Waals surface area contributed by atoms with Crippen LogP contribution in [0, 0.1) is 0 Å². The van der Waals surface area contributed by atoms with Crippen LogP contribution in [0.3, 0.4) is 0 Å². The molecular weight excluding hydrogens is 533 g/mol. The number of hydrogen-bond acceptors (Lipinski definition) is 2. The molecule has 0 fully saturated rings. The average Bonchev–Trinajstić information content (AvgIpc) is 3.77. The standard InChI is InChI=1S/C39H48S2/c1-3-5-7-9-11-13-16-29-19-21-32-33-22-20-30(17-14-12-10-8-6-4-2)25-36(33)39(35(32)24-29)26-31-28-41-38(34(31)27-39)37-18-15-23-40-37/h15,18-25,28H,3-14,16-17,26-27H2,1-2H3. The smallest absolute Gasteiger partial charge is 0.0477 e. The fourth-order valence-electron chi connectivity index (χ4n) is 7.56. The predicted molar refractivity (Wildman–Crippen MR) is 182 cm³/mol. The third-order valence-corrected chi connectivity index (χ3v) is 11.9. The third kappa shape index (κ3) is 6.02. The summed E-state index contributed by atoms with van der Waals surface area (Å²) in [7, 11) is 0. The molecule has 2 heterocycles. The van der Waals surface area contributed by atoms with Crippen molar-refractivity contribution in [2.45, 2.75) is 122 Å². The van der Waals surface area contributed by atoms with Crippen molar-refractivity contribution in [2.75, 3.05) is 0 Å². The lowest BCUT2D eigenvalue weighted by molar-refractivity contribution is 0.560. The molecule has 2 aromatic carbocycles. The number of thiophene rings is 2. The number of aryl methyl sites for hydroxylation is 2. The van der Waals surface area contributed by atoms with Crippen LogP contribution < -0.4 is 0 Å². The van der Waals surface area contributed by atoms with Gasteiger partial charge in [0, 0.05) is 15.2 Å². The Morgan fingerprint density at radius 1 is 0.634 bits per heavy atom. The minimum atomic E-state index is 0.101. The van der Waals surface area contributed by atoms with Gasteiger partial charge in [-0.25, -0.2) is 0 Å². The minimum absolute atomic E-state index is 0.101. The highest BCUT2D eigenvalue weighted by Gasteiger charge is 2.48. The van der Waals surface area contributed by atoms with Crippen LogP contribution in [0.2, 0.25) is 0 Å². The SMILES string of the molecule is CCCCCCCCc1ccc2c(c1)C1(Cc3csc(-c4cccs4)c3C1)c1cc(CCCCCCCC)ccc1-2. The van der Waals surface area contributed by atoms with Gasteiger partial charge in [0.2, 0.25) is 0 Å². The molecule has 0 saturated heterocycles. The molecule has 0 N–H and O–H groups in total. The minimum Gasteiger partial charge on any atom is -0.143 e. The maximum atomic E-state index is 2.63. The van der Waals surface area contributed by atoms with E-state index in [1.165, 1.54) is 111 Å². The molecule has 0 saturated carbocycles. The second kappa shape index (κ2) is 13.4. The molecule has 2 aromatic heterocycles. The van der Waals surface area contributed by atoms with Crippen molar-refractivity contribution >= 4 is 22.7 Å². The molecule has 41 heavy (non-hydrogen) atoms. The fraction of sp³-hybridized carbons (Fsp3) is 0.487. The van der Waals surface area contributed by atoms with Gasteiger partial charge in [0.1, 0.15) is 0 Å². The van der Waals surface area contributed by atoms with Gasteiger partial charge >= 0.3 is 0 Å². The molecular formula is C39H48S2. The van der Waals surface area contributed by atoms with Gasteiger partial charge in [-0.15, -0.1) is 22.7 Å². The quantitative estimate of drug-likeness (QED) is 0.123. The van der Waals surface area contributed by atoms with Crippen LogP contribution in [-0.4, -0.2) is 0 Å². The van der Waals surface area contributed by atoms with Crippen molar-refractivity contribution in [1.29, 1.82) is 0 Å². The van der Waals surface area contributed by atoms with Gasteiger partial charge in [-0.1, -0.05) is 121 Å². The molecule has 0 atom stereocenters. The second-order valence-electron chi connectivity index (χ2n) is 12.8. The summed E-state index contributed by atoms with van der Waals surface area (Å²) in [6.45, 7) is 4.61. The highest BCUT2D eigenvalue weighted by molar-refractivity contribution is 7.20. The summed E-state index contributed by atoms with van der Waals surface area (Å²) in [6.07, 6.45) is 21.1. The van der Waals surface area contributed by atoms with Crippen LogP contribution in [0.25, 0.3) is 20.9 Å². The Morgan fingerprint density at radius 3 is 1.78 bits per heavy atom. The van der Waals surface area contributed by atoms with Gasteiger partial charge in [-0.05, 0) is 99.9 Å². The largest absolute Gasteiger partial charge is 0.143 e. The van der Waals surface area contributed by atoms with Gasteiger partial charge in [0.05, 0.1) is 0 Å². The van der Waals surface area contributed by atoms with Gasteiger partial charge in [0.15, 0.2) is 0 Å². The zero-order valence-corrected chi connectivity index (χ0v) is 27.0. The summed E-state index contributed by atoms with van der Waals surface area (Å²) in [5.74, 6) is 0. The average molecular weight is 581 g/mol. The molecule has 0 aliphatic heterocycles. The molecule has 4 aromatic rings. The summed E-state index contributed by atoms with van der Waals surface area (Å²) in [5.41, 5.74) is 12.7. The van der Waals surface area contributed by atoms with E-state index >= 15 is 0 Å². The molecule has 2 aliphatic carbocycles. The van der Waals surface area contributed by atoms with E-state index in [0.717, 1.165) is 12.8 Å². The molecule has 6 rings (SSSR count). The first-order valence-electron chi connectivity index (χ1n) is 16.6. The zero-order valence-electron chi connectivity index (χ0n) is 25.4. The lowest BCUT2D eigenvalue weighted by Crippen LogP contribution is -2.26. The van der Waals surface area contributed by atoms with Crippen molar-refractivity contribution in [2.24, 2.45) is 0 Å². The van der Waals surface area contributed by atoms with E-state index < -0.39 is 0 Å². The highest BCUT2D eigenvalue weighted by atomic mass is 32.1. The zero-order chi connectivity index (χ0) is 28.1. The molecule has 0 unspecified atom stereocenters. The topological polar surface area (TPSA) is 0 Å². The van der Waals surface area contributed by atoms with Crippen LogP contribution >= 0.6 is 22.7 Å². The second-order valence-corrected chi connectivity index (χ2v) is 14.6. The predicted octanol–water partition coefficient (Wildman–Crippen LogP) is 12.3. The van der Waals surface area contributed by atoms with Crippen molar-refractivity contribution in [3.8, 4) is 20.9 Å². The lowest BCUT2D eigenvalue weighted by atomic mass is 9.74. The van der Waals surface area contributed by atoms with Gasteiger partial charge in [0.25, 0.3) is 0 Å². The van der Waals surface area contributed by atoms with Crippen molar-refractivity contribution < 1.29 is 0 Å². The van der Waals surface area contributed by atoms with Crippen molar-refractivity contribution in [3.05, 3.63) is 92.7 Å². The first-order valence-corrected chi connectivity index (χ1v) is 18.4. The number of unbranched alkanes of at least 4 members (excludes halogenated alkanes) is 10. The fourth-order valence-corrected chi connectivity index (χ4v) is 9.56. The Morgan fingerprint density at radius 2 is 1.22 bits per heavy atom. The van der Waals surface area contributed by atoms with Crippen molar-refractivity contribution in [1.82, 2.24) is 0 Å². The van der Waals surface area contributed by atoms with E-state index in [1.807, 2.05) is 22.7 Å². The summed E-state index contributed by atoms with van der Waals surface area (Å²) in [4.78, 5) is 2.97. The Bertz CT molecular complexity index is 1350. The van der Waals surface area contributed by atoms with Crippen LogP contribution in [-0.2, 0) is 31.1 Å². The Balaban J connectivity index is 1.28. The Kier molecular flexibility index (Phi) is 9.48. The van der Waals surface area contributed by atoms with E-state index in [1.54, 1.807) is 33.4 Å². The van der Waals surface area contributed by atoms with E-state index in [2.05, 4.69) is 73.1 Å². The molecule has 1 spiro atoms. The maximum Gasteiger partial charge on any atom is 0.0477 e. The molecule has 0 amide bonds. The number of rotatable bonds is 15. The molecule has 2 aliphatic rings. The van der Waals surface area contributed by atoms with Crippen LogP contribution in [0.5, 0.6) is 0 Å². The third-order valence-electron chi connectivity index (χ3n) is 9.82. The highest BCUT2D eigenvalue weighted by Crippen LogP contribution is 2.58. The van der Waals surface area contributed by atoms with Crippen LogP contribution in [0.15, 0.2) is 59.3 Å². The summed E-state index contributed by atoms with van der Waals surface area (Å²) in [5, 5.41) is 4.71. The van der Waals surface area contributed by atoms with Gasteiger partial charge < -0.3 is 0 Å². The van der Waals surface area contributed by atoms with E-state index in [4.69, 9.17) is 0 Å². The normalized spacial score (nSPS) is 14.5. The Hall–Kier alpha value is -2.16. The number of benzene rings is 2. The van der Waals surface area contributed by atoms with Crippen molar-refractivity contribution in [3.63, 3.8) is 0 Å². The van der Waals surface area contributed by atoms with E-state index in [0.29, 0.717) is 0 Å². The molecule has 2 heteroatoms.